The maximum atomic E-state index is 13.4. The molecular formula is C18H24N2O4S. The Morgan fingerprint density at radius 2 is 1.72 bits per heavy atom. The van der Waals surface area contributed by atoms with Crippen LogP contribution in [0.4, 0.5) is 5.82 Å². The lowest BCUT2D eigenvalue weighted by Crippen LogP contribution is -2.30. The molecule has 0 aliphatic carbocycles. The van der Waals surface area contributed by atoms with Crippen LogP contribution in [0.5, 0.6) is 0 Å². The van der Waals surface area contributed by atoms with Gasteiger partial charge in [0.25, 0.3) is 0 Å². The minimum Gasteiger partial charge on any atom is -0.358 e. The molecule has 0 aliphatic rings. The van der Waals surface area contributed by atoms with Crippen LogP contribution in [0, 0.1) is 22.5 Å². The fraction of sp³-hybridized carbons (Fsp3) is 0.444. The lowest BCUT2D eigenvalue weighted by atomic mass is 9.84. The maximum Gasteiger partial charge on any atom is 0.323 e. The topological polar surface area (TPSA) is 82.2 Å². The molecule has 0 saturated heterocycles. The Balaban J connectivity index is 2.70. The number of aromatic nitrogens is 1. The number of benzene rings is 1. The molecule has 1 aromatic heterocycles. The molecule has 0 fully saturated rings. The van der Waals surface area contributed by atoms with Gasteiger partial charge in [0, 0.05) is 6.07 Å². The number of rotatable bonds is 6. The number of aryl methyl sites for hydroxylation is 1. The van der Waals surface area contributed by atoms with Crippen LogP contribution in [-0.2, 0) is 16.9 Å². The average molecular weight is 364 g/mol. The van der Waals surface area contributed by atoms with Crippen molar-refractivity contribution < 1.29 is 13.3 Å². The van der Waals surface area contributed by atoms with Crippen molar-refractivity contribution in [3.63, 3.8) is 0 Å². The van der Waals surface area contributed by atoms with Gasteiger partial charge >= 0.3 is 5.82 Å². The van der Waals surface area contributed by atoms with Crippen molar-refractivity contribution in [1.82, 2.24) is 4.57 Å². The van der Waals surface area contributed by atoms with Gasteiger partial charge < -0.3 is 10.1 Å². The Morgan fingerprint density at radius 3 is 2.16 bits per heavy atom. The van der Waals surface area contributed by atoms with Crippen LogP contribution < -0.4 is 0 Å². The maximum absolute atomic E-state index is 13.4. The normalized spacial score (nSPS) is 13.6. The van der Waals surface area contributed by atoms with E-state index in [1.165, 1.54) is 17.7 Å². The number of hydrogen-bond donors (Lipinski definition) is 0. The van der Waals surface area contributed by atoms with Gasteiger partial charge in [0.15, 0.2) is 9.84 Å². The van der Waals surface area contributed by atoms with Gasteiger partial charge in [-0.15, -0.1) is 0 Å². The molecule has 2 rings (SSSR count). The summed E-state index contributed by atoms with van der Waals surface area (Å²) in [6, 6.07) is 9.62. The predicted molar refractivity (Wildman–Crippen MR) is 97.2 cm³/mol. The zero-order valence-corrected chi connectivity index (χ0v) is 16.0. The first-order chi connectivity index (χ1) is 11.5. The first-order valence-corrected chi connectivity index (χ1v) is 9.67. The summed E-state index contributed by atoms with van der Waals surface area (Å²) >= 11 is 0. The molecule has 1 aromatic carbocycles. The predicted octanol–water partition coefficient (Wildman–Crippen LogP) is 4.19. The second-order valence-corrected chi connectivity index (χ2v) is 9.05. The van der Waals surface area contributed by atoms with Gasteiger partial charge in [0.05, 0.1) is 11.9 Å². The van der Waals surface area contributed by atoms with Crippen molar-refractivity contribution in [2.24, 2.45) is 12.5 Å². The Labute approximate surface area is 148 Å². The first-order valence-electron chi connectivity index (χ1n) is 8.13. The molecule has 1 unspecified atom stereocenters. The third kappa shape index (κ3) is 3.46. The lowest BCUT2D eigenvalue weighted by Gasteiger charge is -2.32. The minimum atomic E-state index is -3.72. The summed E-state index contributed by atoms with van der Waals surface area (Å²) in [7, 11) is -2.18. The SMILES string of the molecule is CCC(C)(C)C(c1ccc([N+](=O)[O-])n1C)S(=O)(=O)c1ccc(C)cc1. The fourth-order valence-corrected chi connectivity index (χ4v) is 5.34. The van der Waals surface area contributed by atoms with Crippen molar-refractivity contribution in [3.05, 3.63) is 57.8 Å². The van der Waals surface area contributed by atoms with E-state index in [9.17, 15) is 18.5 Å². The highest BCUT2D eigenvalue weighted by atomic mass is 32.2. The molecule has 0 radical (unpaired) electrons. The van der Waals surface area contributed by atoms with E-state index in [1.807, 2.05) is 27.7 Å². The standard InChI is InChI=1S/C18H24N2O4S/c1-6-18(3,4)17(15-11-12-16(19(15)5)20(21)22)25(23,24)14-9-7-13(2)8-10-14/h7-12,17H,6H2,1-5H3. The molecule has 7 heteroatoms. The largest absolute Gasteiger partial charge is 0.358 e. The average Bonchev–Trinajstić information content (AvgIpc) is 2.89. The molecule has 0 bridgehead atoms. The van der Waals surface area contributed by atoms with Crippen molar-refractivity contribution >= 4 is 15.7 Å². The van der Waals surface area contributed by atoms with Crippen LogP contribution in [0.1, 0.15) is 43.7 Å². The third-order valence-corrected chi connectivity index (χ3v) is 7.30. The van der Waals surface area contributed by atoms with Gasteiger partial charge in [-0.2, -0.15) is 0 Å². The molecule has 1 heterocycles. The highest BCUT2D eigenvalue weighted by Gasteiger charge is 2.44. The van der Waals surface area contributed by atoms with E-state index in [4.69, 9.17) is 0 Å². The summed E-state index contributed by atoms with van der Waals surface area (Å²) in [6.07, 6.45) is 0.613. The van der Waals surface area contributed by atoms with E-state index in [0.717, 1.165) is 5.56 Å². The Morgan fingerprint density at radius 1 is 1.16 bits per heavy atom. The Bertz CT molecular complexity index is 880. The number of sulfone groups is 1. The molecule has 1 atom stereocenters. The Kier molecular flexibility index (Phi) is 5.09. The van der Waals surface area contributed by atoms with E-state index >= 15 is 0 Å². The quantitative estimate of drug-likeness (QED) is 0.568. The van der Waals surface area contributed by atoms with Crippen molar-refractivity contribution in [3.8, 4) is 0 Å². The van der Waals surface area contributed by atoms with E-state index in [-0.39, 0.29) is 10.7 Å². The molecule has 6 nitrogen and oxygen atoms in total. The molecule has 25 heavy (non-hydrogen) atoms. The number of nitro groups is 1. The fourth-order valence-electron chi connectivity index (χ4n) is 2.99. The summed E-state index contributed by atoms with van der Waals surface area (Å²) in [4.78, 5) is 10.9. The van der Waals surface area contributed by atoms with Gasteiger partial charge in [-0.25, -0.2) is 13.0 Å². The summed E-state index contributed by atoms with van der Waals surface area (Å²) in [5, 5.41) is 10.3. The summed E-state index contributed by atoms with van der Waals surface area (Å²) < 4.78 is 28.2. The number of nitrogens with zero attached hydrogens (tertiary/aromatic N) is 2. The van der Waals surface area contributed by atoms with Crippen molar-refractivity contribution in [2.75, 3.05) is 0 Å². The zero-order valence-electron chi connectivity index (χ0n) is 15.2. The van der Waals surface area contributed by atoms with Crippen LogP contribution in [0.15, 0.2) is 41.3 Å². The molecule has 0 N–H and O–H groups in total. The summed E-state index contributed by atoms with van der Waals surface area (Å²) in [5.74, 6) is -0.119. The van der Waals surface area contributed by atoms with E-state index in [1.54, 1.807) is 30.3 Å². The van der Waals surface area contributed by atoms with E-state index in [2.05, 4.69) is 0 Å². The van der Waals surface area contributed by atoms with Crippen molar-refractivity contribution in [2.45, 2.75) is 44.3 Å². The van der Waals surface area contributed by atoms with Gasteiger partial charge in [0.2, 0.25) is 0 Å². The first kappa shape index (κ1) is 19.2. The van der Waals surface area contributed by atoms with E-state index < -0.39 is 25.4 Å². The lowest BCUT2D eigenvalue weighted by molar-refractivity contribution is -0.391. The second kappa shape index (κ2) is 6.63. The van der Waals surface area contributed by atoms with Crippen LogP contribution in [-0.4, -0.2) is 17.9 Å². The molecular weight excluding hydrogens is 340 g/mol. The minimum absolute atomic E-state index is 0.119. The van der Waals surface area contributed by atoms with E-state index in [0.29, 0.717) is 12.1 Å². The molecule has 0 saturated carbocycles. The molecule has 136 valence electrons. The highest BCUT2D eigenvalue weighted by molar-refractivity contribution is 7.91. The van der Waals surface area contributed by atoms with Crippen LogP contribution in [0.2, 0.25) is 0 Å². The summed E-state index contributed by atoms with van der Waals surface area (Å²) in [5.41, 5.74) is 0.808. The highest BCUT2D eigenvalue weighted by Crippen LogP contribution is 2.45. The zero-order chi connectivity index (χ0) is 19.0. The molecule has 2 aromatic rings. The third-order valence-electron chi connectivity index (χ3n) is 4.87. The van der Waals surface area contributed by atoms with Crippen molar-refractivity contribution in [1.29, 1.82) is 0 Å². The monoisotopic (exact) mass is 364 g/mol. The van der Waals surface area contributed by atoms with Gasteiger partial charge in [0.1, 0.15) is 10.9 Å². The van der Waals surface area contributed by atoms with Crippen LogP contribution in [0.25, 0.3) is 0 Å². The molecule has 0 amide bonds. The van der Waals surface area contributed by atoms with Gasteiger partial charge in [-0.1, -0.05) is 38.5 Å². The molecule has 0 aliphatic heterocycles. The Hall–Kier alpha value is -2.15. The molecule has 0 spiro atoms. The van der Waals surface area contributed by atoms with Gasteiger partial charge in [-0.05, 0) is 41.9 Å². The van der Waals surface area contributed by atoms with Gasteiger partial charge in [-0.3, -0.25) is 0 Å². The second-order valence-electron chi connectivity index (χ2n) is 7.01. The van der Waals surface area contributed by atoms with Crippen LogP contribution in [0.3, 0.4) is 0 Å². The van der Waals surface area contributed by atoms with Crippen LogP contribution >= 0.6 is 0 Å². The number of hydrogen-bond acceptors (Lipinski definition) is 4. The smallest absolute Gasteiger partial charge is 0.323 e. The summed E-state index contributed by atoms with van der Waals surface area (Å²) in [6.45, 7) is 7.57.